The Bertz CT molecular complexity index is 993. The van der Waals surface area contributed by atoms with E-state index >= 15 is 0 Å². The highest BCUT2D eigenvalue weighted by Crippen LogP contribution is 2.43. The van der Waals surface area contributed by atoms with Gasteiger partial charge in [0.25, 0.3) is 0 Å². The zero-order valence-corrected chi connectivity index (χ0v) is 19.0. The van der Waals surface area contributed by atoms with Crippen LogP contribution in [0.25, 0.3) is 0 Å². The van der Waals surface area contributed by atoms with Crippen LogP contribution in [-0.4, -0.2) is 73.2 Å². The van der Waals surface area contributed by atoms with Crippen LogP contribution in [0.4, 0.5) is 0 Å². The van der Waals surface area contributed by atoms with Gasteiger partial charge in [-0.25, -0.2) is 14.4 Å². The van der Waals surface area contributed by atoms with Gasteiger partial charge < -0.3 is 28.4 Å². The van der Waals surface area contributed by atoms with Gasteiger partial charge in [0, 0.05) is 12.5 Å². The van der Waals surface area contributed by atoms with Crippen molar-refractivity contribution in [3.8, 4) is 0 Å². The Hall–Kier alpha value is -2.98. The largest absolute Gasteiger partial charge is 0.466 e. The molecule has 8 atom stereocenters. The first-order valence-electron chi connectivity index (χ1n) is 10.6. The number of fused-ring (bicyclic) bond motifs is 2. The molecule has 4 rings (SSSR count). The van der Waals surface area contributed by atoms with Gasteiger partial charge in [-0.15, -0.1) is 0 Å². The number of ether oxygens (including phenoxy) is 6. The summed E-state index contributed by atoms with van der Waals surface area (Å²) >= 11 is 0. The molecule has 0 aromatic rings. The molecule has 0 bridgehead atoms. The summed E-state index contributed by atoms with van der Waals surface area (Å²) in [6, 6.07) is 0. The van der Waals surface area contributed by atoms with Crippen molar-refractivity contribution in [3.63, 3.8) is 0 Å². The Labute approximate surface area is 190 Å². The molecule has 0 amide bonds. The lowest BCUT2D eigenvalue weighted by atomic mass is 9.83. The van der Waals surface area contributed by atoms with E-state index in [4.69, 9.17) is 28.4 Å². The number of hydrogen-bond donors (Lipinski definition) is 0. The van der Waals surface area contributed by atoms with Gasteiger partial charge in [0.15, 0.2) is 17.8 Å². The second-order valence-electron chi connectivity index (χ2n) is 8.73. The van der Waals surface area contributed by atoms with Gasteiger partial charge in [-0.3, -0.25) is 4.79 Å². The Morgan fingerprint density at radius 3 is 2.39 bits per heavy atom. The minimum absolute atomic E-state index is 0.0203. The predicted molar refractivity (Wildman–Crippen MR) is 109 cm³/mol. The molecule has 0 aromatic heterocycles. The fourth-order valence-corrected chi connectivity index (χ4v) is 4.27. The molecule has 3 aliphatic heterocycles. The molecule has 4 aliphatic rings. The van der Waals surface area contributed by atoms with Crippen molar-refractivity contribution in [2.75, 3.05) is 7.11 Å². The molecule has 3 saturated heterocycles. The number of hydrogen-bond acceptors (Lipinski definition) is 10. The van der Waals surface area contributed by atoms with Gasteiger partial charge in [-0.05, 0) is 38.5 Å². The quantitative estimate of drug-likeness (QED) is 0.195. The molecule has 10 nitrogen and oxygen atoms in total. The van der Waals surface area contributed by atoms with Crippen LogP contribution in [0.5, 0.6) is 0 Å². The maximum atomic E-state index is 13.0. The molecule has 0 N–H and O–H groups in total. The molecule has 8 unspecified atom stereocenters. The smallest absolute Gasteiger partial charge is 0.341 e. The van der Waals surface area contributed by atoms with Crippen LogP contribution in [-0.2, 0) is 47.6 Å². The summed E-state index contributed by atoms with van der Waals surface area (Å²) in [5, 5.41) is 0. The number of rotatable bonds is 4. The van der Waals surface area contributed by atoms with Gasteiger partial charge in [-0.2, -0.15) is 0 Å². The van der Waals surface area contributed by atoms with Gasteiger partial charge in [0.05, 0.1) is 24.7 Å². The van der Waals surface area contributed by atoms with E-state index in [2.05, 4.69) is 6.58 Å². The summed E-state index contributed by atoms with van der Waals surface area (Å²) in [4.78, 5) is 50.3. The monoisotopic (exact) mass is 462 g/mol. The van der Waals surface area contributed by atoms with Crippen LogP contribution in [0.1, 0.15) is 27.7 Å². The zero-order chi connectivity index (χ0) is 24.2. The van der Waals surface area contributed by atoms with Crippen molar-refractivity contribution in [1.29, 1.82) is 0 Å². The van der Waals surface area contributed by atoms with Crippen LogP contribution >= 0.6 is 0 Å². The maximum Gasteiger partial charge on any atom is 0.341 e. The van der Waals surface area contributed by atoms with Gasteiger partial charge in [0.1, 0.15) is 18.3 Å². The third-order valence-corrected chi connectivity index (χ3v) is 6.47. The van der Waals surface area contributed by atoms with E-state index in [1.807, 2.05) is 0 Å². The lowest BCUT2D eigenvalue weighted by Gasteiger charge is -2.33. The number of carbonyl (C=O) groups excluding carboxylic acids is 4. The summed E-state index contributed by atoms with van der Waals surface area (Å²) in [5.74, 6) is -3.89. The van der Waals surface area contributed by atoms with Crippen molar-refractivity contribution >= 4 is 23.9 Å². The highest BCUT2D eigenvalue weighted by molar-refractivity contribution is 5.93. The molecule has 3 fully saturated rings. The van der Waals surface area contributed by atoms with E-state index in [-0.39, 0.29) is 17.3 Å². The normalized spacial score (nSPS) is 42.3. The Morgan fingerprint density at radius 2 is 1.82 bits per heavy atom. The molecule has 0 spiro atoms. The predicted octanol–water partition coefficient (Wildman–Crippen LogP) is 0.932. The van der Waals surface area contributed by atoms with Gasteiger partial charge >= 0.3 is 23.9 Å². The van der Waals surface area contributed by atoms with E-state index in [0.717, 1.165) is 12.5 Å². The van der Waals surface area contributed by atoms with Crippen molar-refractivity contribution in [2.24, 2.45) is 5.92 Å². The maximum absolute atomic E-state index is 13.0. The first kappa shape index (κ1) is 23.2. The van der Waals surface area contributed by atoms with E-state index in [1.165, 1.54) is 13.2 Å². The second-order valence-corrected chi connectivity index (χ2v) is 8.73. The van der Waals surface area contributed by atoms with Crippen molar-refractivity contribution in [3.05, 3.63) is 35.5 Å². The molecule has 178 valence electrons. The number of epoxide rings is 2. The van der Waals surface area contributed by atoms with Crippen molar-refractivity contribution < 1.29 is 47.6 Å². The highest BCUT2D eigenvalue weighted by atomic mass is 16.7. The van der Waals surface area contributed by atoms with E-state index in [9.17, 15) is 19.2 Å². The Kier molecular flexibility index (Phi) is 5.69. The second kappa shape index (κ2) is 8.11. The van der Waals surface area contributed by atoms with Crippen LogP contribution in [0.3, 0.4) is 0 Å². The number of carbonyl (C=O) groups is 4. The molecular formula is C23H26O10. The van der Waals surface area contributed by atoms with Gasteiger partial charge in [0.2, 0.25) is 0 Å². The molecule has 33 heavy (non-hydrogen) atoms. The molecule has 0 aromatic carbocycles. The van der Waals surface area contributed by atoms with E-state index < -0.39 is 65.9 Å². The third-order valence-electron chi connectivity index (χ3n) is 6.47. The van der Waals surface area contributed by atoms with Gasteiger partial charge in [-0.1, -0.05) is 6.58 Å². The summed E-state index contributed by atoms with van der Waals surface area (Å²) in [7, 11) is 1.18. The lowest BCUT2D eigenvalue weighted by molar-refractivity contribution is -0.173. The van der Waals surface area contributed by atoms with Crippen molar-refractivity contribution in [2.45, 2.75) is 69.9 Å². The summed E-state index contributed by atoms with van der Waals surface area (Å²) < 4.78 is 32.8. The standard InChI is InChI=1S/C23H26O10/c1-9-7-14-16(10(2)20(25)31-14)19(32-22(27)23(5)11(3)33-23)18(29-12(4)24)13(21(26)28-6)8-15-17(9)30-15/h7-8,11,14-19H,2H2,1,3-6H3/b9-7-,13-8+. The minimum Gasteiger partial charge on any atom is -0.466 e. The van der Waals surface area contributed by atoms with Crippen LogP contribution in [0.15, 0.2) is 35.5 Å². The average molecular weight is 462 g/mol. The fraction of sp³-hybridized carbons (Fsp3) is 0.565. The van der Waals surface area contributed by atoms with E-state index in [0.29, 0.717) is 0 Å². The van der Waals surface area contributed by atoms with Crippen LogP contribution in [0.2, 0.25) is 0 Å². The summed E-state index contributed by atoms with van der Waals surface area (Å²) in [6.07, 6.45) is -1.67. The summed E-state index contributed by atoms with van der Waals surface area (Å²) in [6.45, 7) is 10.0. The average Bonchev–Trinajstić information content (AvgIpc) is 3.62. The molecule has 1 aliphatic carbocycles. The van der Waals surface area contributed by atoms with Crippen LogP contribution < -0.4 is 0 Å². The topological polar surface area (TPSA) is 130 Å². The molecule has 0 radical (unpaired) electrons. The summed E-state index contributed by atoms with van der Waals surface area (Å²) in [5.41, 5.74) is -0.497. The number of esters is 4. The Morgan fingerprint density at radius 1 is 1.15 bits per heavy atom. The highest BCUT2D eigenvalue weighted by Gasteiger charge is 2.60. The van der Waals surface area contributed by atoms with Crippen molar-refractivity contribution in [1.82, 2.24) is 0 Å². The first-order valence-corrected chi connectivity index (χ1v) is 10.6. The fourth-order valence-electron chi connectivity index (χ4n) is 4.27. The van der Waals surface area contributed by atoms with Crippen LogP contribution in [0, 0.1) is 5.92 Å². The first-order chi connectivity index (χ1) is 15.5. The van der Waals surface area contributed by atoms with E-state index in [1.54, 1.807) is 26.8 Å². The molecular weight excluding hydrogens is 436 g/mol. The third kappa shape index (κ3) is 4.08. The molecule has 0 saturated carbocycles. The lowest BCUT2D eigenvalue weighted by Crippen LogP contribution is -2.48. The molecule has 3 heterocycles. The Balaban J connectivity index is 1.85. The molecule has 10 heteroatoms. The zero-order valence-electron chi connectivity index (χ0n) is 19.0. The number of methoxy groups -OCH3 is 1. The minimum atomic E-state index is -1.41. The SMILES string of the molecule is C=C1C(=O)OC2/C=C(/C)C3OC3/C=C(/C(=O)OC)C(OC(C)=O)C(OC(=O)C3(C)OC3C)C12.